The smallest absolute Gasteiger partial charge is 0.191 e. The Hall–Kier alpha value is -1.40. The Balaban J connectivity index is 1.33. The van der Waals surface area contributed by atoms with Gasteiger partial charge in [0.25, 0.3) is 0 Å². The summed E-state index contributed by atoms with van der Waals surface area (Å²) in [7, 11) is 3.58. The summed E-state index contributed by atoms with van der Waals surface area (Å²) in [4.78, 5) is 6.94. The Morgan fingerprint density at radius 3 is 2.52 bits per heavy atom. The van der Waals surface area contributed by atoms with Gasteiger partial charge in [-0.05, 0) is 68.1 Å². The fourth-order valence-corrected chi connectivity index (χ4v) is 5.02. The Labute approximate surface area is 168 Å². The van der Waals surface area contributed by atoms with Gasteiger partial charge >= 0.3 is 0 Å². The molecule has 0 aliphatic carbocycles. The predicted octanol–water partition coefficient (Wildman–Crippen LogP) is 2.97. The lowest BCUT2D eigenvalue weighted by atomic mass is 9.96. The molecular weight excluding hydrogens is 356 g/mol. The molecule has 2 aliphatic heterocycles. The molecule has 2 heterocycles. The molecule has 1 aromatic carbocycles. The Morgan fingerprint density at radius 2 is 1.89 bits per heavy atom. The third kappa shape index (κ3) is 6.61. The lowest BCUT2D eigenvalue weighted by Crippen LogP contribution is -2.44. The van der Waals surface area contributed by atoms with Crippen molar-refractivity contribution in [1.82, 2.24) is 15.5 Å². The van der Waals surface area contributed by atoms with E-state index in [1.165, 1.54) is 50.1 Å². The van der Waals surface area contributed by atoms with Gasteiger partial charge in [0.2, 0.25) is 0 Å². The summed E-state index contributed by atoms with van der Waals surface area (Å²) in [6.45, 7) is 5.43. The number of piperidine rings is 1. The number of ether oxygens (including phenoxy) is 1. The maximum atomic E-state index is 5.24. The van der Waals surface area contributed by atoms with E-state index in [-0.39, 0.29) is 0 Å². The first-order valence-electron chi connectivity index (χ1n) is 10.2. The van der Waals surface area contributed by atoms with Crippen molar-refractivity contribution in [2.75, 3.05) is 46.1 Å². The lowest BCUT2D eigenvalue weighted by Gasteiger charge is -2.32. The van der Waals surface area contributed by atoms with Crippen LogP contribution in [0.4, 0.5) is 0 Å². The largest absolute Gasteiger partial charge is 0.497 e. The molecule has 6 heteroatoms. The molecule has 1 aromatic rings. The molecule has 2 fully saturated rings. The number of hydrogen-bond acceptors (Lipinski definition) is 4. The van der Waals surface area contributed by atoms with E-state index in [2.05, 4.69) is 56.6 Å². The van der Waals surface area contributed by atoms with Crippen LogP contribution in [-0.2, 0) is 6.54 Å². The maximum absolute atomic E-state index is 5.24. The molecule has 0 amide bonds. The van der Waals surface area contributed by atoms with Crippen molar-refractivity contribution in [1.29, 1.82) is 0 Å². The van der Waals surface area contributed by atoms with Crippen molar-refractivity contribution in [3.05, 3.63) is 29.8 Å². The van der Waals surface area contributed by atoms with Crippen molar-refractivity contribution < 1.29 is 4.74 Å². The first kappa shape index (κ1) is 20.3. The first-order valence-corrected chi connectivity index (χ1v) is 11.2. The van der Waals surface area contributed by atoms with E-state index < -0.39 is 0 Å². The molecule has 0 saturated carbocycles. The maximum Gasteiger partial charge on any atom is 0.191 e. The highest BCUT2D eigenvalue weighted by Gasteiger charge is 2.20. The van der Waals surface area contributed by atoms with E-state index in [4.69, 9.17) is 4.74 Å². The number of nitrogens with zero attached hydrogens (tertiary/aromatic N) is 2. The van der Waals surface area contributed by atoms with Crippen LogP contribution in [0.25, 0.3) is 0 Å². The molecule has 3 rings (SSSR count). The van der Waals surface area contributed by atoms with Crippen molar-refractivity contribution in [2.24, 2.45) is 10.9 Å². The minimum atomic E-state index is 0.733. The standard InChI is InChI=1S/C21H34N4OS/c1-22-21(24-15-20-4-3-13-27-20)23-14-17-9-11-25(12-10-17)16-18-5-7-19(26-2)8-6-18/h5-8,17,20H,3-4,9-16H2,1-2H3,(H2,22,23,24). The van der Waals surface area contributed by atoms with Crippen LogP contribution in [0.1, 0.15) is 31.2 Å². The van der Waals surface area contributed by atoms with Crippen LogP contribution in [0.2, 0.25) is 0 Å². The number of likely N-dealkylation sites (tertiary alicyclic amines) is 1. The second kappa shape index (κ2) is 10.8. The van der Waals surface area contributed by atoms with E-state index in [0.717, 1.165) is 42.5 Å². The van der Waals surface area contributed by atoms with Gasteiger partial charge in [0.05, 0.1) is 7.11 Å². The predicted molar refractivity (Wildman–Crippen MR) is 116 cm³/mol. The molecule has 1 unspecified atom stereocenters. The van der Waals surface area contributed by atoms with Crippen LogP contribution in [0, 0.1) is 5.92 Å². The van der Waals surface area contributed by atoms with Crippen molar-refractivity contribution in [3.63, 3.8) is 0 Å². The van der Waals surface area contributed by atoms with Crippen LogP contribution in [-0.4, -0.2) is 62.2 Å². The quantitative estimate of drug-likeness (QED) is 0.554. The summed E-state index contributed by atoms with van der Waals surface area (Å²) in [6, 6.07) is 8.44. The number of rotatable bonds is 7. The van der Waals surface area contributed by atoms with E-state index in [1.54, 1.807) is 7.11 Å². The second-order valence-corrected chi connectivity index (χ2v) is 8.94. The van der Waals surface area contributed by atoms with Crippen molar-refractivity contribution >= 4 is 17.7 Å². The molecule has 0 spiro atoms. The minimum Gasteiger partial charge on any atom is -0.497 e. The van der Waals surface area contributed by atoms with Crippen LogP contribution in [0.3, 0.4) is 0 Å². The molecule has 27 heavy (non-hydrogen) atoms. The van der Waals surface area contributed by atoms with E-state index >= 15 is 0 Å². The molecule has 1 atom stereocenters. The van der Waals surface area contributed by atoms with Crippen molar-refractivity contribution in [2.45, 2.75) is 37.5 Å². The second-order valence-electron chi connectivity index (χ2n) is 7.54. The average Bonchev–Trinajstić information content (AvgIpc) is 3.23. The molecule has 2 saturated heterocycles. The monoisotopic (exact) mass is 390 g/mol. The van der Waals surface area contributed by atoms with E-state index in [1.807, 2.05) is 7.05 Å². The Kier molecular flexibility index (Phi) is 8.14. The summed E-state index contributed by atoms with van der Waals surface area (Å²) < 4.78 is 5.24. The topological polar surface area (TPSA) is 48.9 Å². The highest BCUT2D eigenvalue weighted by molar-refractivity contribution is 8.00. The van der Waals surface area contributed by atoms with Gasteiger partial charge in [0.15, 0.2) is 5.96 Å². The lowest BCUT2D eigenvalue weighted by molar-refractivity contribution is 0.178. The Morgan fingerprint density at radius 1 is 1.15 bits per heavy atom. The number of thioether (sulfide) groups is 1. The van der Waals surface area contributed by atoms with Crippen LogP contribution < -0.4 is 15.4 Å². The van der Waals surface area contributed by atoms with Gasteiger partial charge in [-0.1, -0.05) is 12.1 Å². The summed E-state index contributed by atoms with van der Waals surface area (Å²) in [6.07, 6.45) is 5.19. The third-order valence-electron chi connectivity index (χ3n) is 5.58. The SMILES string of the molecule is CN=C(NCC1CCN(Cc2ccc(OC)cc2)CC1)NCC1CCCS1. The van der Waals surface area contributed by atoms with Crippen LogP contribution in [0.5, 0.6) is 5.75 Å². The van der Waals surface area contributed by atoms with Crippen LogP contribution >= 0.6 is 11.8 Å². The number of aliphatic imine (C=N–C) groups is 1. The first-order chi connectivity index (χ1) is 13.3. The molecule has 0 aromatic heterocycles. The number of benzene rings is 1. The number of guanidine groups is 1. The minimum absolute atomic E-state index is 0.733. The summed E-state index contributed by atoms with van der Waals surface area (Å²) in [5.41, 5.74) is 1.36. The van der Waals surface area contributed by atoms with E-state index in [9.17, 15) is 0 Å². The van der Waals surface area contributed by atoms with Gasteiger partial charge < -0.3 is 15.4 Å². The molecule has 150 valence electrons. The van der Waals surface area contributed by atoms with Gasteiger partial charge in [-0.25, -0.2) is 0 Å². The zero-order valence-corrected chi connectivity index (χ0v) is 17.6. The molecule has 2 N–H and O–H groups in total. The number of nitrogens with one attached hydrogen (secondary N) is 2. The summed E-state index contributed by atoms with van der Waals surface area (Å²) >= 11 is 2.09. The molecule has 5 nitrogen and oxygen atoms in total. The van der Waals surface area contributed by atoms with Gasteiger partial charge in [-0.3, -0.25) is 9.89 Å². The van der Waals surface area contributed by atoms with E-state index in [0.29, 0.717) is 0 Å². The zero-order chi connectivity index (χ0) is 18.9. The van der Waals surface area contributed by atoms with Crippen molar-refractivity contribution in [3.8, 4) is 5.75 Å². The third-order valence-corrected chi connectivity index (χ3v) is 6.97. The molecule has 0 bridgehead atoms. The van der Waals surface area contributed by atoms with Gasteiger partial charge in [-0.2, -0.15) is 11.8 Å². The number of hydrogen-bond donors (Lipinski definition) is 2. The fraction of sp³-hybridized carbons (Fsp3) is 0.667. The highest BCUT2D eigenvalue weighted by atomic mass is 32.2. The normalized spacial score (nSPS) is 22.0. The van der Waals surface area contributed by atoms with Gasteiger partial charge in [0.1, 0.15) is 5.75 Å². The summed E-state index contributed by atoms with van der Waals surface area (Å²) in [5.74, 6) is 3.93. The number of methoxy groups -OCH3 is 1. The molecular formula is C21H34N4OS. The molecule has 0 radical (unpaired) electrons. The average molecular weight is 391 g/mol. The molecule has 2 aliphatic rings. The van der Waals surface area contributed by atoms with Crippen LogP contribution in [0.15, 0.2) is 29.3 Å². The van der Waals surface area contributed by atoms with Gasteiger partial charge in [0, 0.05) is 31.9 Å². The Bertz CT molecular complexity index is 578. The fourth-order valence-electron chi connectivity index (χ4n) is 3.82. The zero-order valence-electron chi connectivity index (χ0n) is 16.7. The highest BCUT2D eigenvalue weighted by Crippen LogP contribution is 2.25. The summed E-state index contributed by atoms with van der Waals surface area (Å²) in [5, 5.41) is 7.79. The van der Waals surface area contributed by atoms with Gasteiger partial charge in [-0.15, -0.1) is 0 Å².